The fourth-order valence-electron chi connectivity index (χ4n) is 1.18. The molecule has 6 heteroatoms. The molecule has 0 saturated heterocycles. The minimum atomic E-state index is -0.926. The maximum Gasteiger partial charge on any atom is 1.00 e. The van der Waals surface area contributed by atoms with Gasteiger partial charge in [-0.25, -0.2) is 4.79 Å². The van der Waals surface area contributed by atoms with Gasteiger partial charge in [0, 0.05) is 6.42 Å². The number of carbonyl (C=O) groups excluding carboxylic acids is 2. The fraction of sp³-hybridized carbons (Fsp3) is 0.833. The SMILES string of the molecule is CC(C)(C)OC(=O)OC(=O)CCCCCCN.[H-].[K+]. The topological polar surface area (TPSA) is 78.6 Å². The van der Waals surface area contributed by atoms with Crippen LogP contribution in [0.2, 0.25) is 0 Å². The number of unbranched alkanes of at least 4 members (excludes halogenated alkanes) is 3. The van der Waals surface area contributed by atoms with E-state index in [4.69, 9.17) is 10.5 Å². The quantitative estimate of drug-likeness (QED) is 0.308. The Hall–Kier alpha value is 0.536. The third kappa shape index (κ3) is 14.6. The zero-order chi connectivity index (χ0) is 13.3. The zero-order valence-corrected chi connectivity index (χ0v) is 15.1. The van der Waals surface area contributed by atoms with E-state index in [0.717, 1.165) is 19.3 Å². The number of carbonyl (C=O) groups is 2. The third-order valence-electron chi connectivity index (χ3n) is 1.92. The van der Waals surface area contributed by atoms with Gasteiger partial charge in [0.2, 0.25) is 0 Å². The second kappa shape index (κ2) is 11.4. The summed E-state index contributed by atoms with van der Waals surface area (Å²) in [6.07, 6.45) is 2.90. The van der Waals surface area contributed by atoms with Crippen molar-refractivity contribution in [1.29, 1.82) is 0 Å². The van der Waals surface area contributed by atoms with Gasteiger partial charge in [-0.15, -0.1) is 0 Å². The van der Waals surface area contributed by atoms with Gasteiger partial charge in [-0.2, -0.15) is 0 Å². The first-order chi connectivity index (χ1) is 7.85. The number of hydrogen-bond acceptors (Lipinski definition) is 5. The van der Waals surface area contributed by atoms with Gasteiger partial charge in [0.1, 0.15) is 5.60 Å². The Bertz CT molecular complexity index is 257. The van der Waals surface area contributed by atoms with Crippen molar-refractivity contribution in [3.63, 3.8) is 0 Å². The largest absolute Gasteiger partial charge is 1.00 e. The molecule has 0 spiro atoms. The van der Waals surface area contributed by atoms with Gasteiger partial charge in [-0.3, -0.25) is 4.79 Å². The Morgan fingerprint density at radius 2 is 1.67 bits per heavy atom. The molecule has 0 aromatic carbocycles. The first-order valence-corrected chi connectivity index (χ1v) is 5.99. The van der Waals surface area contributed by atoms with Crippen LogP contribution in [0.3, 0.4) is 0 Å². The minimum absolute atomic E-state index is 0. The van der Waals surface area contributed by atoms with Crippen molar-refractivity contribution in [2.24, 2.45) is 5.73 Å². The summed E-state index contributed by atoms with van der Waals surface area (Å²) in [6.45, 7) is 5.81. The summed E-state index contributed by atoms with van der Waals surface area (Å²) in [5, 5.41) is 0. The van der Waals surface area contributed by atoms with Crippen LogP contribution in [0.25, 0.3) is 0 Å². The molecule has 5 nitrogen and oxygen atoms in total. The molecule has 0 aliphatic heterocycles. The van der Waals surface area contributed by atoms with Crippen LogP contribution in [0, 0.1) is 0 Å². The van der Waals surface area contributed by atoms with Crippen molar-refractivity contribution in [3.8, 4) is 0 Å². The second-order valence-corrected chi connectivity index (χ2v) is 4.89. The molecule has 2 N–H and O–H groups in total. The van der Waals surface area contributed by atoms with Crippen LogP contribution in [0.15, 0.2) is 0 Å². The molecule has 0 aliphatic carbocycles. The Balaban J connectivity index is -0.00000128. The zero-order valence-electron chi connectivity index (χ0n) is 13.0. The predicted molar refractivity (Wildman–Crippen MR) is 65.6 cm³/mol. The van der Waals surface area contributed by atoms with Crippen LogP contribution < -0.4 is 57.1 Å². The van der Waals surface area contributed by atoms with Crippen molar-refractivity contribution in [1.82, 2.24) is 0 Å². The van der Waals surface area contributed by atoms with Crippen LogP contribution in [0.1, 0.15) is 54.3 Å². The smallest absolute Gasteiger partial charge is 1.00 e. The molecule has 0 aliphatic rings. The number of rotatable bonds is 6. The Labute approximate surface area is 153 Å². The molecule has 0 fully saturated rings. The van der Waals surface area contributed by atoms with Crippen molar-refractivity contribution >= 4 is 12.1 Å². The Kier molecular flexibility index (Phi) is 13.2. The molecule has 0 heterocycles. The number of nitrogens with two attached hydrogens (primary N) is 1. The summed E-state index contributed by atoms with van der Waals surface area (Å²) in [4.78, 5) is 22.3. The van der Waals surface area contributed by atoms with Crippen LogP contribution in [-0.2, 0) is 14.3 Å². The van der Waals surface area contributed by atoms with E-state index >= 15 is 0 Å². The second-order valence-electron chi connectivity index (χ2n) is 4.89. The average molecular weight is 285 g/mol. The number of ether oxygens (including phenoxy) is 2. The maximum absolute atomic E-state index is 11.2. The van der Waals surface area contributed by atoms with Crippen LogP contribution in [0.4, 0.5) is 4.79 Å². The number of hydrogen-bond donors (Lipinski definition) is 1. The van der Waals surface area contributed by atoms with Crippen molar-refractivity contribution in [2.45, 2.75) is 58.5 Å². The standard InChI is InChI=1S/C12H23NO4.K.H/c1-12(2,3)17-11(15)16-10(14)8-6-4-5-7-9-13;;/h4-9,13H2,1-3H3;;/q;+1;-1. The van der Waals surface area contributed by atoms with Crippen molar-refractivity contribution in [3.05, 3.63) is 0 Å². The molecule has 0 radical (unpaired) electrons. The van der Waals surface area contributed by atoms with Gasteiger partial charge in [0.15, 0.2) is 0 Å². The predicted octanol–water partition coefficient (Wildman–Crippen LogP) is -0.510. The van der Waals surface area contributed by atoms with E-state index in [9.17, 15) is 9.59 Å². The summed E-state index contributed by atoms with van der Waals surface area (Å²) < 4.78 is 9.36. The molecule has 0 aromatic heterocycles. The van der Waals surface area contributed by atoms with E-state index in [1.165, 1.54) is 0 Å². The molecule has 0 saturated carbocycles. The van der Waals surface area contributed by atoms with E-state index in [2.05, 4.69) is 4.74 Å². The van der Waals surface area contributed by atoms with Gasteiger partial charge in [0.25, 0.3) is 0 Å². The first kappa shape index (κ1) is 20.8. The molecule has 0 amide bonds. The van der Waals surface area contributed by atoms with Gasteiger partial charge in [0.05, 0.1) is 0 Å². The van der Waals surface area contributed by atoms with Crippen molar-refractivity contribution < 1.29 is 71.9 Å². The number of esters is 1. The minimum Gasteiger partial charge on any atom is -1.00 e. The van der Waals surface area contributed by atoms with Crippen LogP contribution in [-0.4, -0.2) is 24.3 Å². The molecule has 0 aromatic rings. The summed E-state index contributed by atoms with van der Waals surface area (Å²) in [6, 6.07) is 0. The van der Waals surface area contributed by atoms with Gasteiger partial charge in [-0.1, -0.05) is 12.8 Å². The molecule has 0 unspecified atom stereocenters. The monoisotopic (exact) mass is 285 g/mol. The molecule has 0 bridgehead atoms. The third-order valence-corrected chi connectivity index (χ3v) is 1.92. The first-order valence-electron chi connectivity index (χ1n) is 5.99. The maximum atomic E-state index is 11.2. The molecular formula is C12H24KNO4. The van der Waals surface area contributed by atoms with Gasteiger partial charge < -0.3 is 16.6 Å². The summed E-state index contributed by atoms with van der Waals surface area (Å²) in [7, 11) is 0. The van der Waals surface area contributed by atoms with Crippen LogP contribution in [0.5, 0.6) is 0 Å². The Morgan fingerprint density at radius 1 is 1.11 bits per heavy atom. The summed E-state index contributed by atoms with van der Waals surface area (Å²) in [5.74, 6) is -0.535. The summed E-state index contributed by atoms with van der Waals surface area (Å²) in [5.41, 5.74) is 4.70. The average Bonchev–Trinajstić information content (AvgIpc) is 2.14. The Morgan fingerprint density at radius 3 is 2.17 bits per heavy atom. The van der Waals surface area contributed by atoms with E-state index in [-0.39, 0.29) is 59.2 Å². The van der Waals surface area contributed by atoms with E-state index in [1.807, 2.05) is 0 Å². The fourth-order valence-corrected chi connectivity index (χ4v) is 1.18. The summed E-state index contributed by atoms with van der Waals surface area (Å²) >= 11 is 0. The molecular weight excluding hydrogens is 261 g/mol. The van der Waals surface area contributed by atoms with Crippen molar-refractivity contribution in [2.75, 3.05) is 6.54 Å². The molecule has 18 heavy (non-hydrogen) atoms. The van der Waals surface area contributed by atoms with E-state index < -0.39 is 17.7 Å². The van der Waals surface area contributed by atoms with E-state index in [1.54, 1.807) is 20.8 Å². The van der Waals surface area contributed by atoms with Gasteiger partial charge >= 0.3 is 63.5 Å². The van der Waals surface area contributed by atoms with Gasteiger partial charge in [-0.05, 0) is 40.2 Å². The normalized spacial score (nSPS) is 10.4. The molecule has 102 valence electrons. The van der Waals surface area contributed by atoms with E-state index in [0.29, 0.717) is 13.0 Å². The molecule has 0 atom stereocenters. The van der Waals surface area contributed by atoms with Crippen LogP contribution >= 0.6 is 0 Å². The molecule has 0 rings (SSSR count).